The molecule has 4 heteroatoms. The number of benzene rings is 3. The van der Waals surface area contributed by atoms with E-state index in [2.05, 4.69) is 17.4 Å². The van der Waals surface area contributed by atoms with E-state index in [9.17, 15) is 9.59 Å². The highest BCUT2D eigenvalue weighted by molar-refractivity contribution is 6.02. The fourth-order valence-electron chi connectivity index (χ4n) is 4.74. The maximum absolute atomic E-state index is 13.2. The van der Waals surface area contributed by atoms with E-state index in [-0.39, 0.29) is 23.5 Å². The number of amides is 1. The third-order valence-electron chi connectivity index (χ3n) is 6.34. The van der Waals surface area contributed by atoms with Gasteiger partial charge in [0.2, 0.25) is 5.91 Å². The molecule has 1 aliphatic heterocycles. The van der Waals surface area contributed by atoms with E-state index in [1.807, 2.05) is 72.8 Å². The molecule has 0 fully saturated rings. The van der Waals surface area contributed by atoms with Gasteiger partial charge in [-0.25, -0.2) is 0 Å². The van der Waals surface area contributed by atoms with Gasteiger partial charge in [0.15, 0.2) is 5.78 Å². The van der Waals surface area contributed by atoms with Gasteiger partial charge in [-0.3, -0.25) is 9.59 Å². The number of nitrogens with one attached hydrogen (secondary N) is 1. The van der Waals surface area contributed by atoms with E-state index in [0.29, 0.717) is 25.9 Å². The SMILES string of the molecule is O=C1CC(c2ccc(OCc3ccccc3)cc2)C2=C(CC(c3ccccc3)CC2=O)N1. The summed E-state index contributed by atoms with van der Waals surface area (Å²) in [6.45, 7) is 0.501. The van der Waals surface area contributed by atoms with Gasteiger partial charge in [0.1, 0.15) is 12.4 Å². The fraction of sp³-hybridized carbons (Fsp3) is 0.214. The number of carbonyl (C=O) groups excluding carboxylic acids is 2. The summed E-state index contributed by atoms with van der Waals surface area (Å²) in [6.07, 6.45) is 1.46. The summed E-state index contributed by atoms with van der Waals surface area (Å²) in [5.74, 6) is 0.779. The molecule has 5 rings (SSSR count). The molecule has 0 saturated carbocycles. The molecule has 1 heterocycles. The highest BCUT2D eigenvalue weighted by Gasteiger charge is 2.38. The molecule has 160 valence electrons. The molecule has 3 aromatic carbocycles. The lowest BCUT2D eigenvalue weighted by Crippen LogP contribution is -2.38. The molecule has 0 aromatic heterocycles. The van der Waals surface area contributed by atoms with Crippen LogP contribution in [0, 0.1) is 0 Å². The van der Waals surface area contributed by atoms with Crippen LogP contribution in [0.1, 0.15) is 47.8 Å². The standard InChI is InChI=1S/C28H25NO3/c30-26-16-22(20-9-5-2-6-10-20)15-25-28(26)24(17-27(31)29-25)21-11-13-23(14-12-21)32-18-19-7-3-1-4-8-19/h1-14,22,24H,15-18H2,(H,29,31). The number of ketones is 1. The number of ether oxygens (including phenoxy) is 1. The van der Waals surface area contributed by atoms with Crippen LogP contribution >= 0.6 is 0 Å². The van der Waals surface area contributed by atoms with Crippen molar-refractivity contribution in [2.45, 2.75) is 37.7 Å². The Bertz CT molecular complexity index is 1150. The van der Waals surface area contributed by atoms with Crippen molar-refractivity contribution in [2.24, 2.45) is 0 Å². The van der Waals surface area contributed by atoms with E-state index in [1.54, 1.807) is 0 Å². The second-order valence-electron chi connectivity index (χ2n) is 8.48. The van der Waals surface area contributed by atoms with Crippen LogP contribution in [0.5, 0.6) is 5.75 Å². The normalized spacial score (nSPS) is 20.5. The first-order chi connectivity index (χ1) is 15.7. The summed E-state index contributed by atoms with van der Waals surface area (Å²) in [6, 6.07) is 27.9. The van der Waals surface area contributed by atoms with Crippen molar-refractivity contribution < 1.29 is 14.3 Å². The molecule has 2 unspecified atom stereocenters. The Morgan fingerprint density at radius 3 is 2.16 bits per heavy atom. The minimum atomic E-state index is -0.203. The van der Waals surface area contributed by atoms with E-state index in [4.69, 9.17) is 4.74 Å². The summed E-state index contributed by atoms with van der Waals surface area (Å²) in [5.41, 5.74) is 4.79. The predicted octanol–water partition coefficient (Wildman–Crippen LogP) is 5.27. The summed E-state index contributed by atoms with van der Waals surface area (Å²) < 4.78 is 5.89. The van der Waals surface area contributed by atoms with Gasteiger partial charge in [0.05, 0.1) is 0 Å². The first-order valence-corrected chi connectivity index (χ1v) is 11.0. The second kappa shape index (κ2) is 8.83. The summed E-state index contributed by atoms with van der Waals surface area (Å²) >= 11 is 0. The average molecular weight is 424 g/mol. The monoisotopic (exact) mass is 423 g/mol. The van der Waals surface area contributed by atoms with E-state index >= 15 is 0 Å². The quantitative estimate of drug-likeness (QED) is 0.608. The van der Waals surface area contributed by atoms with Gasteiger partial charge in [-0.1, -0.05) is 72.8 Å². The number of carbonyl (C=O) groups is 2. The molecule has 0 spiro atoms. The Morgan fingerprint density at radius 1 is 0.750 bits per heavy atom. The number of Topliss-reactive ketones (excluding diaryl/α,β-unsaturated/α-hetero) is 1. The Hall–Kier alpha value is -3.66. The third-order valence-corrected chi connectivity index (χ3v) is 6.34. The minimum absolute atomic E-state index is 0.0281. The van der Waals surface area contributed by atoms with Crippen molar-refractivity contribution in [1.29, 1.82) is 0 Å². The molecule has 2 aliphatic rings. The molecular weight excluding hydrogens is 398 g/mol. The van der Waals surface area contributed by atoms with Crippen molar-refractivity contribution in [3.63, 3.8) is 0 Å². The van der Waals surface area contributed by atoms with Gasteiger partial charge in [-0.15, -0.1) is 0 Å². The van der Waals surface area contributed by atoms with Crippen molar-refractivity contribution in [1.82, 2.24) is 5.32 Å². The molecule has 32 heavy (non-hydrogen) atoms. The first kappa shape index (κ1) is 20.3. The van der Waals surface area contributed by atoms with Gasteiger partial charge in [0.25, 0.3) is 0 Å². The van der Waals surface area contributed by atoms with Gasteiger partial charge in [0, 0.05) is 30.0 Å². The number of hydrogen-bond acceptors (Lipinski definition) is 3. The van der Waals surface area contributed by atoms with Crippen molar-refractivity contribution in [3.8, 4) is 5.75 Å². The second-order valence-corrected chi connectivity index (χ2v) is 8.48. The van der Waals surface area contributed by atoms with Crippen LogP contribution in [-0.2, 0) is 16.2 Å². The van der Waals surface area contributed by atoms with Crippen molar-refractivity contribution >= 4 is 11.7 Å². The van der Waals surface area contributed by atoms with Crippen LogP contribution in [0.25, 0.3) is 0 Å². The molecule has 3 aromatic rings. The third kappa shape index (κ3) is 4.22. The van der Waals surface area contributed by atoms with Gasteiger partial charge >= 0.3 is 0 Å². The van der Waals surface area contributed by atoms with E-state index < -0.39 is 0 Å². The summed E-state index contributed by atoms with van der Waals surface area (Å²) in [4.78, 5) is 25.7. The molecule has 0 radical (unpaired) electrons. The van der Waals surface area contributed by atoms with Crippen LogP contribution < -0.4 is 10.1 Å². The highest BCUT2D eigenvalue weighted by Crippen LogP contribution is 2.42. The number of hydrogen-bond donors (Lipinski definition) is 1. The summed E-state index contributed by atoms with van der Waals surface area (Å²) in [7, 11) is 0. The minimum Gasteiger partial charge on any atom is -0.489 e. The van der Waals surface area contributed by atoms with Crippen LogP contribution in [0.15, 0.2) is 96.2 Å². The average Bonchev–Trinajstić information content (AvgIpc) is 2.83. The molecule has 1 N–H and O–H groups in total. The zero-order chi connectivity index (χ0) is 21.9. The number of rotatable bonds is 5. The molecule has 1 aliphatic carbocycles. The maximum atomic E-state index is 13.2. The first-order valence-electron chi connectivity index (χ1n) is 11.0. The topological polar surface area (TPSA) is 55.4 Å². The maximum Gasteiger partial charge on any atom is 0.225 e. The smallest absolute Gasteiger partial charge is 0.225 e. The predicted molar refractivity (Wildman–Crippen MR) is 123 cm³/mol. The Labute approximate surface area is 187 Å². The fourth-order valence-corrected chi connectivity index (χ4v) is 4.74. The molecule has 4 nitrogen and oxygen atoms in total. The molecule has 0 saturated heterocycles. The number of allylic oxidation sites excluding steroid dienone is 2. The Balaban J connectivity index is 1.36. The highest BCUT2D eigenvalue weighted by atomic mass is 16.5. The van der Waals surface area contributed by atoms with Crippen LogP contribution in [0.2, 0.25) is 0 Å². The van der Waals surface area contributed by atoms with Gasteiger partial charge < -0.3 is 10.1 Å². The van der Waals surface area contributed by atoms with Crippen LogP contribution in [0.3, 0.4) is 0 Å². The van der Waals surface area contributed by atoms with E-state index in [0.717, 1.165) is 33.7 Å². The lowest BCUT2D eigenvalue weighted by atomic mass is 9.73. The van der Waals surface area contributed by atoms with E-state index in [1.165, 1.54) is 0 Å². The molecular formula is C28H25NO3. The molecule has 0 bridgehead atoms. The zero-order valence-corrected chi connectivity index (χ0v) is 17.8. The lowest BCUT2D eigenvalue weighted by Gasteiger charge is -2.34. The van der Waals surface area contributed by atoms with Gasteiger partial charge in [-0.2, -0.15) is 0 Å². The van der Waals surface area contributed by atoms with Crippen molar-refractivity contribution in [3.05, 3.63) is 113 Å². The zero-order valence-electron chi connectivity index (χ0n) is 17.8. The Kier molecular flexibility index (Phi) is 5.59. The summed E-state index contributed by atoms with van der Waals surface area (Å²) in [5, 5.41) is 2.99. The Morgan fingerprint density at radius 2 is 1.44 bits per heavy atom. The van der Waals surface area contributed by atoms with Crippen LogP contribution in [-0.4, -0.2) is 11.7 Å². The van der Waals surface area contributed by atoms with Gasteiger partial charge in [-0.05, 0) is 41.2 Å². The van der Waals surface area contributed by atoms with Crippen LogP contribution in [0.4, 0.5) is 0 Å². The molecule has 2 atom stereocenters. The molecule has 1 amide bonds. The largest absolute Gasteiger partial charge is 0.489 e. The van der Waals surface area contributed by atoms with Crippen molar-refractivity contribution in [2.75, 3.05) is 0 Å². The lowest BCUT2D eigenvalue weighted by molar-refractivity contribution is -0.122.